The zero-order valence-electron chi connectivity index (χ0n) is 14.8. The molecule has 0 aliphatic rings. The molecule has 5 nitrogen and oxygen atoms in total. The molecule has 1 atom stereocenters. The summed E-state index contributed by atoms with van der Waals surface area (Å²) in [4.78, 5) is 9.09. The van der Waals surface area contributed by atoms with Crippen LogP contribution in [0, 0.1) is 13.8 Å². The van der Waals surface area contributed by atoms with E-state index >= 15 is 0 Å². The van der Waals surface area contributed by atoms with Crippen LogP contribution in [0.1, 0.15) is 29.5 Å². The maximum absolute atomic E-state index is 5.90. The van der Waals surface area contributed by atoms with E-state index in [-0.39, 0.29) is 5.25 Å². The Bertz CT molecular complexity index is 1060. The Morgan fingerprint density at radius 3 is 2.50 bits per heavy atom. The first kappa shape index (κ1) is 16.7. The number of nitrogens with zero attached hydrogens (tertiary/aromatic N) is 4. The number of hydrogen-bond acceptors (Lipinski definition) is 6. The first-order valence-electron chi connectivity index (χ1n) is 8.40. The molecule has 2 aromatic heterocycles. The van der Waals surface area contributed by atoms with Gasteiger partial charge in [0.2, 0.25) is 11.8 Å². The van der Waals surface area contributed by atoms with Crippen LogP contribution in [0.25, 0.3) is 22.4 Å². The van der Waals surface area contributed by atoms with Gasteiger partial charge >= 0.3 is 0 Å². The molecule has 130 valence electrons. The summed E-state index contributed by atoms with van der Waals surface area (Å²) in [7, 11) is 0. The van der Waals surface area contributed by atoms with E-state index in [1.165, 1.54) is 5.56 Å². The highest BCUT2D eigenvalue weighted by atomic mass is 32.2. The molecule has 0 N–H and O–H groups in total. The van der Waals surface area contributed by atoms with Gasteiger partial charge in [0.15, 0.2) is 0 Å². The van der Waals surface area contributed by atoms with Gasteiger partial charge in [-0.15, -0.1) is 10.2 Å². The van der Waals surface area contributed by atoms with Crippen molar-refractivity contribution in [1.82, 2.24) is 20.2 Å². The number of fused-ring (bicyclic) bond motifs is 1. The van der Waals surface area contributed by atoms with E-state index in [0.29, 0.717) is 11.8 Å². The largest absolute Gasteiger partial charge is 0.419 e. The Kier molecular flexibility index (Phi) is 4.42. The molecule has 2 aromatic carbocycles. The van der Waals surface area contributed by atoms with Gasteiger partial charge in [0.25, 0.3) is 0 Å². The lowest BCUT2D eigenvalue weighted by Gasteiger charge is -2.09. The van der Waals surface area contributed by atoms with Crippen molar-refractivity contribution in [3.63, 3.8) is 0 Å². The fraction of sp³-hybridized carbons (Fsp3) is 0.200. The van der Waals surface area contributed by atoms with Gasteiger partial charge in [-0.2, -0.15) is 0 Å². The SMILES string of the molecule is Cc1ccc(-c2nnc(C(C)Sc3nc(C)nc4ccccc34)o2)cc1. The third-order valence-electron chi connectivity index (χ3n) is 4.06. The number of aryl methyl sites for hydroxylation is 2. The Morgan fingerprint density at radius 1 is 0.923 bits per heavy atom. The molecule has 0 aliphatic carbocycles. The number of aromatic nitrogens is 4. The zero-order chi connectivity index (χ0) is 18.1. The number of para-hydroxylation sites is 1. The summed E-state index contributed by atoms with van der Waals surface area (Å²) in [5, 5.41) is 10.4. The zero-order valence-corrected chi connectivity index (χ0v) is 15.6. The van der Waals surface area contributed by atoms with Gasteiger partial charge in [0, 0.05) is 10.9 Å². The van der Waals surface area contributed by atoms with Crippen LogP contribution in [-0.2, 0) is 0 Å². The van der Waals surface area contributed by atoms with Gasteiger partial charge in [0.1, 0.15) is 10.9 Å². The molecule has 2 heterocycles. The topological polar surface area (TPSA) is 64.7 Å². The van der Waals surface area contributed by atoms with Crippen molar-refractivity contribution >= 4 is 22.7 Å². The minimum Gasteiger partial charge on any atom is -0.419 e. The standard InChI is InChI=1S/C20H18N4OS/c1-12-8-10-15(11-9-12)19-24-23-18(25-19)13(2)26-20-16-6-4-5-7-17(16)21-14(3)22-20/h4-11,13H,1-3H3. The second kappa shape index (κ2) is 6.88. The Labute approximate surface area is 155 Å². The number of rotatable bonds is 4. The molecule has 0 radical (unpaired) electrons. The lowest BCUT2D eigenvalue weighted by Crippen LogP contribution is -1.95. The monoisotopic (exact) mass is 362 g/mol. The minimum absolute atomic E-state index is 0.0144. The molecule has 0 spiro atoms. The van der Waals surface area contributed by atoms with Gasteiger partial charge in [-0.05, 0) is 39.0 Å². The average molecular weight is 362 g/mol. The van der Waals surface area contributed by atoms with E-state index in [1.807, 2.05) is 62.4 Å². The van der Waals surface area contributed by atoms with Crippen LogP contribution in [0.15, 0.2) is 58.0 Å². The molecule has 0 fully saturated rings. The van der Waals surface area contributed by atoms with Gasteiger partial charge in [-0.25, -0.2) is 9.97 Å². The van der Waals surface area contributed by atoms with Crippen molar-refractivity contribution in [2.24, 2.45) is 0 Å². The molecular weight excluding hydrogens is 344 g/mol. The normalized spacial score (nSPS) is 12.4. The van der Waals surface area contributed by atoms with Crippen molar-refractivity contribution in [3.8, 4) is 11.5 Å². The van der Waals surface area contributed by atoms with Crippen LogP contribution in [0.4, 0.5) is 0 Å². The molecule has 1 unspecified atom stereocenters. The summed E-state index contributed by atoms with van der Waals surface area (Å²) in [5.74, 6) is 1.88. The Morgan fingerprint density at radius 2 is 1.69 bits per heavy atom. The van der Waals surface area contributed by atoms with E-state index in [1.54, 1.807) is 11.8 Å². The summed E-state index contributed by atoms with van der Waals surface area (Å²) in [6, 6.07) is 16.1. The molecule has 0 bridgehead atoms. The van der Waals surface area contributed by atoms with Crippen molar-refractivity contribution in [1.29, 1.82) is 0 Å². The van der Waals surface area contributed by atoms with Crippen molar-refractivity contribution < 1.29 is 4.42 Å². The van der Waals surface area contributed by atoms with E-state index in [2.05, 4.69) is 27.1 Å². The maximum Gasteiger partial charge on any atom is 0.247 e. The lowest BCUT2D eigenvalue weighted by atomic mass is 10.1. The van der Waals surface area contributed by atoms with Crippen LogP contribution in [0.5, 0.6) is 0 Å². The summed E-state index contributed by atoms with van der Waals surface area (Å²) in [6.07, 6.45) is 0. The van der Waals surface area contributed by atoms with E-state index < -0.39 is 0 Å². The molecule has 26 heavy (non-hydrogen) atoms. The number of thioether (sulfide) groups is 1. The van der Waals surface area contributed by atoms with Crippen molar-refractivity contribution in [2.75, 3.05) is 0 Å². The minimum atomic E-state index is -0.0144. The van der Waals surface area contributed by atoms with Gasteiger partial charge in [0.05, 0.1) is 10.8 Å². The van der Waals surface area contributed by atoms with E-state index in [0.717, 1.165) is 27.3 Å². The van der Waals surface area contributed by atoms with Crippen LogP contribution in [-0.4, -0.2) is 20.2 Å². The number of benzene rings is 2. The van der Waals surface area contributed by atoms with Gasteiger partial charge < -0.3 is 4.42 Å². The van der Waals surface area contributed by atoms with Crippen molar-refractivity contribution in [3.05, 3.63) is 65.8 Å². The molecule has 0 saturated carbocycles. The van der Waals surface area contributed by atoms with Gasteiger partial charge in [-0.3, -0.25) is 0 Å². The average Bonchev–Trinajstić information content (AvgIpc) is 3.12. The highest BCUT2D eigenvalue weighted by molar-refractivity contribution is 7.99. The first-order valence-corrected chi connectivity index (χ1v) is 9.28. The summed E-state index contributed by atoms with van der Waals surface area (Å²) in [5.41, 5.74) is 3.07. The fourth-order valence-corrected chi connectivity index (χ4v) is 3.69. The van der Waals surface area contributed by atoms with Crippen molar-refractivity contribution in [2.45, 2.75) is 31.0 Å². The quantitative estimate of drug-likeness (QED) is 0.369. The Hall–Kier alpha value is -2.73. The number of hydrogen-bond donors (Lipinski definition) is 0. The predicted molar refractivity (Wildman–Crippen MR) is 103 cm³/mol. The molecule has 6 heteroatoms. The second-order valence-electron chi connectivity index (χ2n) is 6.16. The maximum atomic E-state index is 5.90. The van der Waals surface area contributed by atoms with Crippen LogP contribution < -0.4 is 0 Å². The third-order valence-corrected chi connectivity index (χ3v) is 5.15. The predicted octanol–water partition coefficient (Wildman–Crippen LogP) is 5.15. The molecule has 0 saturated heterocycles. The smallest absolute Gasteiger partial charge is 0.247 e. The first-order chi connectivity index (χ1) is 12.6. The molecule has 4 aromatic rings. The Balaban J connectivity index is 1.61. The highest BCUT2D eigenvalue weighted by Crippen LogP contribution is 2.37. The van der Waals surface area contributed by atoms with Gasteiger partial charge in [-0.1, -0.05) is 47.7 Å². The second-order valence-corrected chi connectivity index (χ2v) is 7.49. The fourth-order valence-electron chi connectivity index (χ4n) is 2.68. The third kappa shape index (κ3) is 3.32. The van der Waals surface area contributed by atoms with Crippen LogP contribution in [0.3, 0.4) is 0 Å². The summed E-state index contributed by atoms with van der Waals surface area (Å²) in [6.45, 7) is 6.00. The molecule has 0 amide bonds. The molecule has 0 aliphatic heterocycles. The van der Waals surface area contributed by atoms with Crippen LogP contribution >= 0.6 is 11.8 Å². The molecular formula is C20H18N4OS. The van der Waals surface area contributed by atoms with E-state index in [9.17, 15) is 0 Å². The highest BCUT2D eigenvalue weighted by Gasteiger charge is 2.18. The lowest BCUT2D eigenvalue weighted by molar-refractivity contribution is 0.509. The van der Waals surface area contributed by atoms with E-state index in [4.69, 9.17) is 4.42 Å². The van der Waals surface area contributed by atoms with Crippen LogP contribution in [0.2, 0.25) is 0 Å². The summed E-state index contributed by atoms with van der Waals surface area (Å²) >= 11 is 1.60. The summed E-state index contributed by atoms with van der Waals surface area (Å²) < 4.78 is 5.90. The molecule has 4 rings (SSSR count).